The third-order valence-electron chi connectivity index (χ3n) is 4.67. The molecular weight excluding hydrogens is 236 g/mol. The van der Waals surface area contributed by atoms with Crippen LogP contribution in [0.4, 0.5) is 0 Å². The van der Waals surface area contributed by atoms with E-state index in [1.54, 1.807) is 0 Å². The van der Waals surface area contributed by atoms with E-state index in [2.05, 4.69) is 43.4 Å². The first-order chi connectivity index (χ1) is 8.92. The van der Waals surface area contributed by atoms with Crippen LogP contribution in [-0.2, 0) is 10.2 Å². The third kappa shape index (κ3) is 2.16. The lowest BCUT2D eigenvalue weighted by Crippen LogP contribution is -2.45. The van der Waals surface area contributed by atoms with Crippen LogP contribution in [0.15, 0.2) is 24.3 Å². The Kier molecular flexibility index (Phi) is 2.72. The molecule has 0 bridgehead atoms. The van der Waals surface area contributed by atoms with Crippen LogP contribution in [0.2, 0.25) is 0 Å². The molecule has 1 amide bonds. The Hall–Kier alpha value is -1.35. The van der Waals surface area contributed by atoms with Crippen molar-refractivity contribution in [1.82, 2.24) is 5.32 Å². The molecular formula is C16H22N2O. The van der Waals surface area contributed by atoms with Crippen molar-refractivity contribution in [3.05, 3.63) is 35.4 Å². The van der Waals surface area contributed by atoms with Crippen molar-refractivity contribution in [2.75, 3.05) is 0 Å². The second kappa shape index (κ2) is 4.07. The Balaban J connectivity index is 1.86. The van der Waals surface area contributed by atoms with Gasteiger partial charge in [-0.3, -0.25) is 4.79 Å². The summed E-state index contributed by atoms with van der Waals surface area (Å²) in [6.45, 7) is 4.55. The predicted molar refractivity (Wildman–Crippen MR) is 75.7 cm³/mol. The lowest BCUT2D eigenvalue weighted by Gasteiger charge is -2.37. The van der Waals surface area contributed by atoms with Crippen molar-refractivity contribution >= 4 is 5.91 Å². The van der Waals surface area contributed by atoms with Gasteiger partial charge in [-0.05, 0) is 42.2 Å². The zero-order valence-electron chi connectivity index (χ0n) is 11.7. The van der Waals surface area contributed by atoms with Crippen molar-refractivity contribution in [3.63, 3.8) is 0 Å². The number of rotatable bonds is 2. The van der Waals surface area contributed by atoms with Gasteiger partial charge in [-0.25, -0.2) is 0 Å². The lowest BCUT2D eigenvalue weighted by molar-refractivity contribution is -0.124. The van der Waals surface area contributed by atoms with Crippen molar-refractivity contribution in [2.24, 2.45) is 5.73 Å². The molecule has 1 aromatic carbocycles. The number of nitrogens with one attached hydrogen (secondary N) is 1. The number of carbonyl (C=O) groups excluding carboxylic acids is 1. The first kappa shape index (κ1) is 12.7. The lowest BCUT2D eigenvalue weighted by atomic mass is 9.71. The van der Waals surface area contributed by atoms with E-state index >= 15 is 0 Å². The summed E-state index contributed by atoms with van der Waals surface area (Å²) in [7, 11) is 0. The van der Waals surface area contributed by atoms with Crippen LogP contribution in [-0.4, -0.2) is 11.4 Å². The van der Waals surface area contributed by atoms with Gasteiger partial charge in [0, 0.05) is 0 Å². The third-order valence-corrected chi connectivity index (χ3v) is 4.67. The fourth-order valence-electron chi connectivity index (χ4n) is 3.03. The second-order valence-electron chi connectivity index (χ2n) is 6.69. The van der Waals surface area contributed by atoms with Crippen LogP contribution < -0.4 is 11.1 Å². The molecule has 3 rings (SSSR count). The number of nitrogens with two attached hydrogens (primary N) is 1. The molecule has 1 fully saturated rings. The van der Waals surface area contributed by atoms with Crippen LogP contribution in [0, 0.1) is 0 Å². The Labute approximate surface area is 114 Å². The van der Waals surface area contributed by atoms with Gasteiger partial charge in [-0.1, -0.05) is 38.1 Å². The average Bonchev–Trinajstić information content (AvgIpc) is 3.13. The smallest absolute Gasteiger partial charge is 0.240 e. The summed E-state index contributed by atoms with van der Waals surface area (Å²) in [5.74, 6) is 0.0204. The van der Waals surface area contributed by atoms with Crippen LogP contribution in [0.25, 0.3) is 0 Å². The zero-order chi connectivity index (χ0) is 13.7. The monoisotopic (exact) mass is 258 g/mol. The minimum absolute atomic E-state index is 0.0204. The van der Waals surface area contributed by atoms with Crippen molar-refractivity contribution < 1.29 is 4.79 Å². The van der Waals surface area contributed by atoms with Gasteiger partial charge in [-0.15, -0.1) is 0 Å². The van der Waals surface area contributed by atoms with E-state index in [1.807, 2.05) is 0 Å². The summed E-state index contributed by atoms with van der Waals surface area (Å²) >= 11 is 0. The van der Waals surface area contributed by atoms with E-state index in [0.717, 1.165) is 25.7 Å². The molecule has 102 valence electrons. The number of amides is 1. The molecule has 3 N–H and O–H groups in total. The molecule has 3 nitrogen and oxygen atoms in total. The summed E-state index contributed by atoms with van der Waals surface area (Å²) in [4.78, 5) is 12.1. The van der Waals surface area contributed by atoms with Gasteiger partial charge in [0.05, 0.1) is 11.6 Å². The maximum atomic E-state index is 12.1. The van der Waals surface area contributed by atoms with Gasteiger partial charge in [-0.2, -0.15) is 0 Å². The molecule has 0 aliphatic heterocycles. The predicted octanol–water partition coefficient (Wildman–Crippen LogP) is 2.41. The highest BCUT2D eigenvalue weighted by molar-refractivity contribution is 5.89. The van der Waals surface area contributed by atoms with Gasteiger partial charge in [0.1, 0.15) is 0 Å². The maximum Gasteiger partial charge on any atom is 0.240 e. The molecule has 0 spiro atoms. The van der Waals surface area contributed by atoms with Gasteiger partial charge in [0.15, 0.2) is 0 Å². The first-order valence-corrected chi connectivity index (χ1v) is 7.12. The molecule has 0 radical (unpaired) electrons. The minimum atomic E-state index is -0.581. The topological polar surface area (TPSA) is 55.1 Å². The zero-order valence-corrected chi connectivity index (χ0v) is 11.7. The standard InChI is InChI=1S/C16H22N2O/c1-15(2)8-7-13(11-5-3-4-6-12(11)15)18-14(19)16(17)9-10-16/h3-6,13H,7-10,17H2,1-2H3,(H,18,19). The van der Waals surface area contributed by atoms with Gasteiger partial charge < -0.3 is 11.1 Å². The largest absolute Gasteiger partial charge is 0.348 e. The fourth-order valence-corrected chi connectivity index (χ4v) is 3.03. The molecule has 0 saturated heterocycles. The molecule has 3 heteroatoms. The summed E-state index contributed by atoms with van der Waals surface area (Å²) in [6, 6.07) is 8.57. The molecule has 0 aromatic heterocycles. The van der Waals surface area contributed by atoms with E-state index in [9.17, 15) is 4.79 Å². The average molecular weight is 258 g/mol. The molecule has 2 aliphatic rings. The van der Waals surface area contributed by atoms with Crippen molar-refractivity contribution in [1.29, 1.82) is 0 Å². The van der Waals surface area contributed by atoms with E-state index in [0.29, 0.717) is 0 Å². The summed E-state index contributed by atoms with van der Waals surface area (Å²) in [5, 5.41) is 3.15. The van der Waals surface area contributed by atoms with E-state index < -0.39 is 5.54 Å². The Morgan fingerprint density at radius 1 is 1.26 bits per heavy atom. The van der Waals surface area contributed by atoms with Crippen LogP contribution in [0.3, 0.4) is 0 Å². The summed E-state index contributed by atoms with van der Waals surface area (Å²) in [5.41, 5.74) is 8.19. The molecule has 1 unspecified atom stereocenters. The maximum absolute atomic E-state index is 12.1. The van der Waals surface area contributed by atoms with Crippen LogP contribution >= 0.6 is 0 Å². The molecule has 1 saturated carbocycles. The van der Waals surface area contributed by atoms with Crippen LogP contribution in [0.1, 0.15) is 56.7 Å². The SMILES string of the molecule is CC1(C)CCC(NC(=O)C2(N)CC2)c2ccccc21. The second-order valence-corrected chi connectivity index (χ2v) is 6.69. The highest BCUT2D eigenvalue weighted by atomic mass is 16.2. The van der Waals surface area contributed by atoms with E-state index in [4.69, 9.17) is 5.73 Å². The van der Waals surface area contributed by atoms with E-state index in [1.165, 1.54) is 11.1 Å². The molecule has 0 heterocycles. The Morgan fingerprint density at radius 3 is 2.63 bits per heavy atom. The highest BCUT2D eigenvalue weighted by Gasteiger charge is 2.47. The van der Waals surface area contributed by atoms with Gasteiger partial charge in [0.25, 0.3) is 0 Å². The number of carbonyl (C=O) groups is 1. The Bertz CT molecular complexity index is 517. The molecule has 19 heavy (non-hydrogen) atoms. The Morgan fingerprint density at radius 2 is 1.95 bits per heavy atom. The molecule has 1 aromatic rings. The van der Waals surface area contributed by atoms with Crippen LogP contribution in [0.5, 0.6) is 0 Å². The number of hydrogen-bond donors (Lipinski definition) is 2. The van der Waals surface area contributed by atoms with Gasteiger partial charge >= 0.3 is 0 Å². The quantitative estimate of drug-likeness (QED) is 0.856. The summed E-state index contributed by atoms with van der Waals surface area (Å²) < 4.78 is 0. The van der Waals surface area contributed by atoms with Crippen molar-refractivity contribution in [3.8, 4) is 0 Å². The minimum Gasteiger partial charge on any atom is -0.348 e. The molecule has 1 atom stereocenters. The normalized spacial score (nSPS) is 26.4. The number of hydrogen-bond acceptors (Lipinski definition) is 2. The van der Waals surface area contributed by atoms with E-state index in [-0.39, 0.29) is 17.4 Å². The first-order valence-electron chi connectivity index (χ1n) is 7.12. The summed E-state index contributed by atoms with van der Waals surface area (Å²) in [6.07, 6.45) is 3.72. The van der Waals surface area contributed by atoms with Crippen molar-refractivity contribution in [2.45, 2.75) is 56.5 Å². The fraction of sp³-hybridized carbons (Fsp3) is 0.562. The molecule has 2 aliphatic carbocycles. The highest BCUT2D eigenvalue weighted by Crippen LogP contribution is 2.42. The number of benzene rings is 1. The number of fused-ring (bicyclic) bond motifs is 1. The van der Waals surface area contributed by atoms with Gasteiger partial charge in [0.2, 0.25) is 5.91 Å².